The number of rotatable bonds is 3. The minimum Gasteiger partial charge on any atom is -0.306 e. The molecule has 0 fully saturated rings. The van der Waals surface area contributed by atoms with Gasteiger partial charge >= 0.3 is 0 Å². The van der Waals surface area contributed by atoms with E-state index in [4.69, 9.17) is 5.10 Å². The molecule has 0 radical (unpaired) electrons. The summed E-state index contributed by atoms with van der Waals surface area (Å²) in [5.41, 5.74) is 5.43. The Labute approximate surface area is 177 Å². The van der Waals surface area contributed by atoms with E-state index in [1.165, 1.54) is 0 Å². The molecule has 0 saturated heterocycles. The second-order valence-corrected chi connectivity index (χ2v) is 9.07. The topological polar surface area (TPSA) is 64.0 Å². The maximum Gasteiger partial charge on any atom is 0.257 e. The molecular formula is C24H21N3O2S. The third-order valence-corrected chi connectivity index (χ3v) is 6.95. The van der Waals surface area contributed by atoms with E-state index in [0.717, 1.165) is 38.8 Å². The summed E-state index contributed by atoms with van der Waals surface area (Å²) >= 11 is 0. The van der Waals surface area contributed by atoms with Crippen molar-refractivity contribution in [3.63, 3.8) is 0 Å². The zero-order chi connectivity index (χ0) is 20.8. The van der Waals surface area contributed by atoms with Crippen molar-refractivity contribution in [3.8, 4) is 5.69 Å². The van der Waals surface area contributed by atoms with Crippen LogP contribution < -0.4 is 5.32 Å². The lowest BCUT2D eigenvalue weighted by Crippen LogP contribution is -2.17. The molecule has 0 unspecified atom stereocenters. The highest BCUT2D eigenvalue weighted by Crippen LogP contribution is 2.33. The van der Waals surface area contributed by atoms with Gasteiger partial charge in [-0.05, 0) is 47.9 Å². The van der Waals surface area contributed by atoms with Crippen LogP contribution in [0.3, 0.4) is 0 Å². The van der Waals surface area contributed by atoms with E-state index < -0.39 is 10.8 Å². The monoisotopic (exact) mass is 415 g/mol. The number of benzene rings is 3. The van der Waals surface area contributed by atoms with Gasteiger partial charge in [0.25, 0.3) is 5.91 Å². The van der Waals surface area contributed by atoms with E-state index >= 15 is 0 Å². The molecule has 6 heteroatoms. The number of aromatic nitrogens is 2. The number of hydrogen-bond donors (Lipinski definition) is 1. The first-order valence-electron chi connectivity index (χ1n) is 9.84. The van der Waals surface area contributed by atoms with Crippen LogP contribution in [0, 0.1) is 13.8 Å². The van der Waals surface area contributed by atoms with Crippen LogP contribution in [0.15, 0.2) is 60.7 Å². The van der Waals surface area contributed by atoms with Crippen LogP contribution in [-0.2, 0) is 22.3 Å². The summed E-state index contributed by atoms with van der Waals surface area (Å²) in [6.45, 7) is 4.10. The molecule has 5 rings (SSSR count). The van der Waals surface area contributed by atoms with Gasteiger partial charge in [0.05, 0.1) is 22.9 Å². The lowest BCUT2D eigenvalue weighted by atomic mass is 10.0. The standard InChI is InChI=1S/C24H21N3O2S/c1-15-7-5-12-22(16(15)2)27-23(20-13-30(29)14-21(20)26-27)25-24(28)19-11-6-9-17-8-3-4-10-18(17)19/h3-12H,13-14H2,1-2H3,(H,25,28)/t30-/m1/s1. The minimum absolute atomic E-state index is 0.196. The fraction of sp³-hybridized carbons (Fsp3) is 0.167. The highest BCUT2D eigenvalue weighted by molar-refractivity contribution is 7.83. The van der Waals surface area contributed by atoms with Gasteiger partial charge < -0.3 is 5.32 Å². The van der Waals surface area contributed by atoms with Gasteiger partial charge in [0.1, 0.15) is 5.82 Å². The Morgan fingerprint density at radius 1 is 1.00 bits per heavy atom. The number of fused-ring (bicyclic) bond motifs is 2. The van der Waals surface area contributed by atoms with Crippen LogP contribution in [0.5, 0.6) is 0 Å². The normalized spacial score (nSPS) is 15.3. The molecule has 1 amide bonds. The van der Waals surface area contributed by atoms with Crippen molar-refractivity contribution in [1.82, 2.24) is 9.78 Å². The molecule has 2 heterocycles. The molecule has 0 saturated carbocycles. The predicted molar refractivity (Wildman–Crippen MR) is 120 cm³/mol. The van der Waals surface area contributed by atoms with Gasteiger partial charge in [0.15, 0.2) is 0 Å². The Morgan fingerprint density at radius 3 is 2.63 bits per heavy atom. The average molecular weight is 416 g/mol. The number of nitrogens with one attached hydrogen (secondary N) is 1. The fourth-order valence-electron chi connectivity index (χ4n) is 3.99. The summed E-state index contributed by atoms with van der Waals surface area (Å²) in [6.07, 6.45) is 0. The van der Waals surface area contributed by atoms with Gasteiger partial charge in [-0.15, -0.1) is 0 Å². The number of carbonyl (C=O) groups excluding carboxylic acids is 1. The van der Waals surface area contributed by atoms with E-state index in [9.17, 15) is 9.00 Å². The average Bonchev–Trinajstić information content (AvgIpc) is 3.26. The zero-order valence-corrected chi connectivity index (χ0v) is 17.6. The molecule has 0 aliphatic carbocycles. The number of nitrogens with zero attached hydrogens (tertiary/aromatic N) is 2. The summed E-state index contributed by atoms with van der Waals surface area (Å²) in [5, 5.41) is 9.74. The molecule has 0 spiro atoms. The van der Waals surface area contributed by atoms with Crippen molar-refractivity contribution < 1.29 is 9.00 Å². The van der Waals surface area contributed by atoms with Crippen molar-refractivity contribution in [1.29, 1.82) is 0 Å². The van der Waals surface area contributed by atoms with Crippen molar-refractivity contribution in [2.24, 2.45) is 0 Å². The molecule has 150 valence electrons. The molecule has 1 aromatic heterocycles. The lowest BCUT2D eigenvalue weighted by Gasteiger charge is -2.15. The summed E-state index contributed by atoms with van der Waals surface area (Å²) in [7, 11) is -0.982. The van der Waals surface area contributed by atoms with Gasteiger partial charge in [0, 0.05) is 21.9 Å². The third kappa shape index (κ3) is 3.04. The van der Waals surface area contributed by atoms with Crippen LogP contribution in [0.4, 0.5) is 5.82 Å². The molecule has 1 N–H and O–H groups in total. The van der Waals surface area contributed by atoms with E-state index in [2.05, 4.69) is 18.3 Å². The van der Waals surface area contributed by atoms with Gasteiger partial charge in [-0.25, -0.2) is 4.68 Å². The lowest BCUT2D eigenvalue weighted by molar-refractivity contribution is 0.102. The highest BCUT2D eigenvalue weighted by Gasteiger charge is 2.29. The smallest absolute Gasteiger partial charge is 0.257 e. The first kappa shape index (κ1) is 18.8. The van der Waals surface area contributed by atoms with E-state index in [-0.39, 0.29) is 5.91 Å². The molecule has 5 nitrogen and oxygen atoms in total. The predicted octanol–water partition coefficient (Wildman–Crippen LogP) is 4.66. The second-order valence-electron chi connectivity index (χ2n) is 7.61. The second kappa shape index (κ2) is 7.22. The van der Waals surface area contributed by atoms with Gasteiger partial charge in [0.2, 0.25) is 0 Å². The van der Waals surface area contributed by atoms with Crippen molar-refractivity contribution in [2.45, 2.75) is 25.4 Å². The maximum atomic E-state index is 13.3. The maximum absolute atomic E-state index is 13.3. The van der Waals surface area contributed by atoms with E-state index in [1.54, 1.807) is 4.68 Å². The molecule has 3 aromatic carbocycles. The van der Waals surface area contributed by atoms with Crippen molar-refractivity contribution >= 4 is 33.3 Å². The third-order valence-electron chi connectivity index (χ3n) is 5.74. The summed E-state index contributed by atoms with van der Waals surface area (Å²) in [5.74, 6) is 1.25. The SMILES string of the molecule is Cc1cccc(-n2nc3c(c2NC(=O)c2cccc4ccccc24)C[S@@](=O)C3)c1C. The van der Waals surface area contributed by atoms with Crippen LogP contribution in [0.1, 0.15) is 32.7 Å². The van der Waals surface area contributed by atoms with E-state index in [1.807, 2.05) is 61.5 Å². The van der Waals surface area contributed by atoms with Crippen molar-refractivity contribution in [2.75, 3.05) is 5.32 Å². The van der Waals surface area contributed by atoms with Crippen molar-refractivity contribution in [3.05, 3.63) is 88.6 Å². The molecule has 30 heavy (non-hydrogen) atoms. The highest BCUT2D eigenvalue weighted by atomic mass is 32.2. The van der Waals surface area contributed by atoms with Gasteiger partial charge in [-0.1, -0.05) is 48.5 Å². The van der Waals surface area contributed by atoms with Crippen LogP contribution >= 0.6 is 0 Å². The van der Waals surface area contributed by atoms with Gasteiger partial charge in [-0.2, -0.15) is 5.10 Å². The Kier molecular flexibility index (Phi) is 4.51. The number of anilines is 1. The Morgan fingerprint density at radius 2 is 1.77 bits per heavy atom. The number of aryl methyl sites for hydroxylation is 1. The van der Waals surface area contributed by atoms with Crippen LogP contribution in [0.2, 0.25) is 0 Å². The first-order chi connectivity index (χ1) is 14.5. The molecule has 4 aromatic rings. The number of hydrogen-bond acceptors (Lipinski definition) is 3. The summed E-state index contributed by atoms with van der Waals surface area (Å²) in [4.78, 5) is 13.3. The molecular weight excluding hydrogens is 394 g/mol. The Hall–Kier alpha value is -3.25. The molecule has 1 aliphatic rings. The number of carbonyl (C=O) groups is 1. The van der Waals surface area contributed by atoms with Gasteiger partial charge in [-0.3, -0.25) is 9.00 Å². The Balaban J connectivity index is 1.63. The largest absolute Gasteiger partial charge is 0.306 e. The zero-order valence-electron chi connectivity index (χ0n) is 16.8. The molecule has 1 atom stereocenters. The minimum atomic E-state index is -0.982. The van der Waals surface area contributed by atoms with Crippen LogP contribution in [0.25, 0.3) is 16.5 Å². The fourth-order valence-corrected chi connectivity index (χ4v) is 5.26. The Bertz CT molecular complexity index is 1330. The van der Waals surface area contributed by atoms with Crippen LogP contribution in [-0.4, -0.2) is 19.9 Å². The number of amides is 1. The van der Waals surface area contributed by atoms with E-state index in [0.29, 0.717) is 22.9 Å². The summed E-state index contributed by atoms with van der Waals surface area (Å²) < 4.78 is 14.0. The molecule has 0 bridgehead atoms. The first-order valence-corrected chi connectivity index (χ1v) is 11.3. The quantitative estimate of drug-likeness (QED) is 0.529. The summed E-state index contributed by atoms with van der Waals surface area (Å²) in [6, 6.07) is 19.6. The molecule has 1 aliphatic heterocycles.